The number of hydrogen-bond acceptors (Lipinski definition) is 5. The van der Waals surface area contributed by atoms with E-state index in [9.17, 15) is 19.4 Å². The molecule has 0 bridgehead atoms. The van der Waals surface area contributed by atoms with Gasteiger partial charge in [0, 0.05) is 22.7 Å². The van der Waals surface area contributed by atoms with Gasteiger partial charge in [0.25, 0.3) is 5.91 Å². The minimum atomic E-state index is -1.05. The molecule has 0 radical (unpaired) electrons. The Bertz CT molecular complexity index is 915. The van der Waals surface area contributed by atoms with Gasteiger partial charge in [0.15, 0.2) is 0 Å². The number of alkyl halides is 1. The van der Waals surface area contributed by atoms with Crippen molar-refractivity contribution in [1.82, 2.24) is 10.6 Å². The first-order chi connectivity index (χ1) is 15.0. The van der Waals surface area contributed by atoms with E-state index in [0.29, 0.717) is 35.3 Å². The van der Waals surface area contributed by atoms with Crippen molar-refractivity contribution in [2.75, 3.05) is 13.7 Å². The highest BCUT2D eigenvalue weighted by Crippen LogP contribution is 2.46. The van der Waals surface area contributed by atoms with Gasteiger partial charge in [0.05, 0.1) is 12.0 Å². The number of carbonyl (C=O) groups is 1. The smallest absolute Gasteiger partial charge is 0.251 e. The fourth-order valence-electron chi connectivity index (χ4n) is 4.62. The van der Waals surface area contributed by atoms with E-state index in [0.717, 1.165) is 18.4 Å². The number of hydrogen-bond donors (Lipinski definition) is 4. The Hall–Kier alpha value is -2.48. The van der Waals surface area contributed by atoms with E-state index >= 15 is 0 Å². The van der Waals surface area contributed by atoms with Gasteiger partial charge in [0.2, 0.25) is 0 Å². The lowest BCUT2D eigenvalue weighted by Gasteiger charge is -2.26. The van der Waals surface area contributed by atoms with Crippen LogP contribution >= 0.6 is 0 Å². The predicted molar refractivity (Wildman–Crippen MR) is 115 cm³/mol. The molecule has 2 aliphatic rings. The summed E-state index contributed by atoms with van der Waals surface area (Å²) in [6.45, 7) is -0.685. The van der Waals surface area contributed by atoms with Crippen LogP contribution < -0.4 is 15.4 Å². The van der Waals surface area contributed by atoms with Gasteiger partial charge >= 0.3 is 0 Å². The highest BCUT2D eigenvalue weighted by Gasteiger charge is 2.39. The summed E-state index contributed by atoms with van der Waals surface area (Å²) in [5, 5.41) is 26.0. The van der Waals surface area contributed by atoms with Crippen LogP contribution in [0.5, 0.6) is 5.75 Å². The number of halogens is 1. The van der Waals surface area contributed by atoms with Crippen molar-refractivity contribution in [2.24, 2.45) is 0 Å². The first kappa shape index (κ1) is 21.7. The maximum atomic E-state index is 13.9. The van der Waals surface area contributed by atoms with E-state index in [1.807, 2.05) is 30.3 Å². The molecule has 0 spiro atoms. The number of nitrogens with one attached hydrogen (secondary N) is 2. The molecule has 1 unspecified atom stereocenters. The Kier molecular flexibility index (Phi) is 6.55. The van der Waals surface area contributed by atoms with Crippen molar-refractivity contribution in [3.05, 3.63) is 64.7 Å². The third-order valence-electron chi connectivity index (χ3n) is 6.30. The van der Waals surface area contributed by atoms with Crippen molar-refractivity contribution < 1.29 is 24.1 Å². The summed E-state index contributed by atoms with van der Waals surface area (Å²) >= 11 is 0. The van der Waals surface area contributed by atoms with Gasteiger partial charge in [-0.25, -0.2) is 4.39 Å². The van der Waals surface area contributed by atoms with Crippen molar-refractivity contribution in [2.45, 2.75) is 56.1 Å². The fourth-order valence-corrected chi connectivity index (χ4v) is 4.62. The highest BCUT2D eigenvalue weighted by molar-refractivity contribution is 5.95. The molecule has 166 valence electrons. The van der Waals surface area contributed by atoms with Gasteiger partial charge in [-0.2, -0.15) is 0 Å². The normalized spacial score (nSPS) is 26.1. The maximum absolute atomic E-state index is 13.9. The minimum absolute atomic E-state index is 0.00147. The van der Waals surface area contributed by atoms with Crippen LogP contribution in [-0.4, -0.2) is 48.1 Å². The maximum Gasteiger partial charge on any atom is 0.251 e. The van der Waals surface area contributed by atoms with Gasteiger partial charge in [-0.3, -0.25) is 10.1 Å². The average Bonchev–Trinajstić information content (AvgIpc) is 3.18. The molecule has 1 fully saturated rings. The molecule has 4 rings (SSSR count). The van der Waals surface area contributed by atoms with E-state index in [1.54, 1.807) is 19.2 Å². The topological polar surface area (TPSA) is 90.8 Å². The summed E-state index contributed by atoms with van der Waals surface area (Å²) in [6, 6.07) is 12.9. The average molecular weight is 429 g/mol. The number of rotatable bonds is 6. The fraction of sp³-hybridized carbons (Fsp3) is 0.458. The summed E-state index contributed by atoms with van der Waals surface area (Å²) in [5.41, 5.74) is 2.41. The molecule has 2 aromatic rings. The van der Waals surface area contributed by atoms with Crippen molar-refractivity contribution in [3.8, 4) is 5.75 Å². The number of fused-ring (bicyclic) bond motifs is 1. The molecule has 6 nitrogen and oxygen atoms in total. The van der Waals surface area contributed by atoms with Crippen LogP contribution in [0.2, 0.25) is 0 Å². The number of amides is 1. The van der Waals surface area contributed by atoms with E-state index in [-0.39, 0.29) is 24.0 Å². The summed E-state index contributed by atoms with van der Waals surface area (Å²) in [4.78, 5) is 13.1. The Morgan fingerprint density at radius 3 is 2.55 bits per heavy atom. The van der Waals surface area contributed by atoms with E-state index < -0.39 is 19.0 Å². The Morgan fingerprint density at radius 1 is 1.19 bits per heavy atom. The van der Waals surface area contributed by atoms with Gasteiger partial charge < -0.3 is 20.3 Å². The molecule has 1 heterocycles. The molecule has 1 saturated carbocycles. The van der Waals surface area contributed by atoms with E-state index in [4.69, 9.17) is 4.74 Å². The zero-order valence-electron chi connectivity index (χ0n) is 17.6. The van der Waals surface area contributed by atoms with Gasteiger partial charge in [-0.05, 0) is 50.4 Å². The van der Waals surface area contributed by atoms with Gasteiger partial charge in [-0.15, -0.1) is 0 Å². The van der Waals surface area contributed by atoms with Crippen molar-refractivity contribution in [3.63, 3.8) is 0 Å². The van der Waals surface area contributed by atoms with Crippen LogP contribution in [0.3, 0.4) is 0 Å². The first-order valence-corrected chi connectivity index (χ1v) is 10.8. The number of benzene rings is 2. The van der Waals surface area contributed by atoms with Crippen LogP contribution in [0.25, 0.3) is 0 Å². The lowest BCUT2D eigenvalue weighted by atomic mass is 9.86. The quantitative estimate of drug-likeness (QED) is 0.531. The largest absolute Gasteiger partial charge is 0.486 e. The molecule has 31 heavy (non-hydrogen) atoms. The lowest BCUT2D eigenvalue weighted by molar-refractivity contribution is 0.0867. The summed E-state index contributed by atoms with van der Waals surface area (Å²) in [6.07, 6.45) is 0.709. The standard InChI is InChI=1S/C24H29FN2O4/c1-26-24(30)19-12-15(23(29)27-16-7-9-17(28)10-8-16)11-18-21(14-5-3-2-4-6-14)20(13-25)31-22(18)19/h2-6,11-12,16-17,20-21,24,26,28,30H,7-10,13H2,1H3,(H,27,29)/t16-,17-,20-,21+,24?/m1/s1. The van der Waals surface area contributed by atoms with Gasteiger partial charge in [-0.1, -0.05) is 30.3 Å². The number of ether oxygens (including phenoxy) is 1. The first-order valence-electron chi connectivity index (χ1n) is 10.8. The van der Waals surface area contributed by atoms with Crippen LogP contribution in [0.1, 0.15) is 64.9 Å². The second-order valence-corrected chi connectivity index (χ2v) is 8.35. The third-order valence-corrected chi connectivity index (χ3v) is 6.30. The Morgan fingerprint density at radius 2 is 1.90 bits per heavy atom. The lowest BCUT2D eigenvalue weighted by Crippen LogP contribution is -2.38. The molecule has 1 aliphatic heterocycles. The SMILES string of the molecule is CNC(O)c1cc(C(=O)N[C@H]2CC[C@H](O)CC2)cc2c1O[C@H](CF)[C@H]2c1ccccc1. The minimum Gasteiger partial charge on any atom is -0.486 e. The van der Waals surface area contributed by atoms with E-state index in [2.05, 4.69) is 10.6 Å². The summed E-state index contributed by atoms with van der Waals surface area (Å²) in [7, 11) is 1.60. The van der Waals surface area contributed by atoms with Gasteiger partial charge in [0.1, 0.15) is 24.8 Å². The molecule has 7 heteroatoms. The number of carbonyl (C=O) groups excluding carboxylic acids is 1. The molecular weight excluding hydrogens is 399 g/mol. The monoisotopic (exact) mass is 428 g/mol. The van der Waals surface area contributed by atoms with Crippen LogP contribution in [0, 0.1) is 0 Å². The molecule has 1 aliphatic carbocycles. The van der Waals surface area contributed by atoms with Crippen LogP contribution in [-0.2, 0) is 0 Å². The highest BCUT2D eigenvalue weighted by atomic mass is 19.1. The molecule has 3 atom stereocenters. The molecule has 2 aromatic carbocycles. The Balaban J connectivity index is 1.71. The molecule has 0 saturated heterocycles. The Labute approximate surface area is 181 Å². The second kappa shape index (κ2) is 9.34. The van der Waals surface area contributed by atoms with E-state index in [1.165, 1.54) is 0 Å². The summed E-state index contributed by atoms with van der Waals surface area (Å²) < 4.78 is 19.8. The van der Waals surface area contributed by atoms with Crippen LogP contribution in [0.15, 0.2) is 42.5 Å². The second-order valence-electron chi connectivity index (χ2n) is 8.35. The number of aliphatic hydroxyl groups excluding tert-OH is 2. The predicted octanol–water partition coefficient (Wildman–Crippen LogP) is 2.79. The molecule has 1 amide bonds. The summed E-state index contributed by atoms with van der Waals surface area (Å²) in [5.74, 6) is -0.193. The van der Waals surface area contributed by atoms with Crippen molar-refractivity contribution in [1.29, 1.82) is 0 Å². The zero-order chi connectivity index (χ0) is 22.0. The molecule has 4 N–H and O–H groups in total. The number of aliphatic hydroxyl groups is 2. The zero-order valence-corrected chi connectivity index (χ0v) is 17.6. The third kappa shape index (κ3) is 4.44. The van der Waals surface area contributed by atoms with Crippen molar-refractivity contribution >= 4 is 5.91 Å². The molecule has 0 aromatic heterocycles. The molecular formula is C24H29FN2O4. The van der Waals surface area contributed by atoms with Crippen LogP contribution in [0.4, 0.5) is 4.39 Å².